The van der Waals surface area contributed by atoms with Crippen molar-refractivity contribution in [3.63, 3.8) is 0 Å². The molecule has 160 valence electrons. The van der Waals surface area contributed by atoms with Crippen LogP contribution in [-0.2, 0) is 17.6 Å². The van der Waals surface area contributed by atoms with Crippen LogP contribution in [0.3, 0.4) is 0 Å². The van der Waals surface area contributed by atoms with Gasteiger partial charge in [0.25, 0.3) is 5.91 Å². The maximum Gasteiger partial charge on any atom is 0.257 e. The lowest BCUT2D eigenvalue weighted by atomic mass is 9.94. The number of halogens is 1. The minimum absolute atomic E-state index is 0.0333. The predicted octanol–water partition coefficient (Wildman–Crippen LogP) is 4.28. The number of rotatable bonds is 3. The first kappa shape index (κ1) is 19.9. The average molecular weight is 421 g/mol. The van der Waals surface area contributed by atoms with Gasteiger partial charge >= 0.3 is 0 Å². The molecule has 1 fully saturated rings. The van der Waals surface area contributed by atoms with E-state index in [0.29, 0.717) is 48.0 Å². The van der Waals surface area contributed by atoms with Gasteiger partial charge in [-0.2, -0.15) is 0 Å². The summed E-state index contributed by atoms with van der Waals surface area (Å²) in [5, 5.41) is 0. The van der Waals surface area contributed by atoms with Gasteiger partial charge < -0.3 is 14.1 Å². The standard InChI is InChI=1S/C24H24FN3O3/c1-15-21(17-7-3-5-9-19(17)31-15)24(29)28-12-13-30-20(14-28)23-22(26-10-11-27-23)16-6-2-4-8-18(16)25/h2,4,6,8,10-11,20H,3,5,7,9,12-14H2,1H3. The van der Waals surface area contributed by atoms with Crippen LogP contribution in [0, 0.1) is 12.7 Å². The number of furan rings is 1. The van der Waals surface area contributed by atoms with E-state index in [-0.39, 0.29) is 11.7 Å². The fourth-order valence-corrected chi connectivity index (χ4v) is 4.59. The number of ether oxygens (including phenoxy) is 1. The number of hydrogen-bond donors (Lipinski definition) is 0. The van der Waals surface area contributed by atoms with E-state index in [9.17, 15) is 9.18 Å². The molecule has 31 heavy (non-hydrogen) atoms. The molecule has 5 rings (SSSR count). The molecule has 1 unspecified atom stereocenters. The van der Waals surface area contributed by atoms with Crippen LogP contribution in [0.15, 0.2) is 41.1 Å². The largest absolute Gasteiger partial charge is 0.465 e. The van der Waals surface area contributed by atoms with Gasteiger partial charge in [0.2, 0.25) is 0 Å². The highest BCUT2D eigenvalue weighted by Crippen LogP contribution is 2.33. The van der Waals surface area contributed by atoms with Crippen molar-refractivity contribution in [3.05, 3.63) is 70.8 Å². The molecule has 3 heterocycles. The topological polar surface area (TPSA) is 68.5 Å². The Hall–Kier alpha value is -3.06. The molecule has 1 aliphatic carbocycles. The molecule has 2 aromatic heterocycles. The summed E-state index contributed by atoms with van der Waals surface area (Å²) in [6.07, 6.45) is 6.56. The Balaban J connectivity index is 1.44. The third kappa shape index (κ3) is 3.63. The molecular formula is C24H24FN3O3. The van der Waals surface area contributed by atoms with Gasteiger partial charge in [0.15, 0.2) is 0 Å². The van der Waals surface area contributed by atoms with E-state index >= 15 is 0 Å². The highest BCUT2D eigenvalue weighted by Gasteiger charge is 2.33. The van der Waals surface area contributed by atoms with Crippen LogP contribution in [0.4, 0.5) is 4.39 Å². The van der Waals surface area contributed by atoms with E-state index in [1.807, 2.05) is 6.92 Å². The molecule has 1 amide bonds. The summed E-state index contributed by atoms with van der Waals surface area (Å²) in [4.78, 5) is 24.1. The number of benzene rings is 1. The summed E-state index contributed by atoms with van der Waals surface area (Å²) in [5.74, 6) is 1.24. The Kier molecular flexibility index (Phi) is 5.28. The smallest absolute Gasteiger partial charge is 0.257 e. The van der Waals surface area contributed by atoms with Gasteiger partial charge in [-0.3, -0.25) is 14.8 Å². The molecule has 7 heteroatoms. The fraction of sp³-hybridized carbons (Fsp3) is 0.375. The van der Waals surface area contributed by atoms with Gasteiger partial charge in [-0.1, -0.05) is 12.1 Å². The first-order valence-corrected chi connectivity index (χ1v) is 10.7. The van der Waals surface area contributed by atoms with Crippen molar-refractivity contribution in [2.24, 2.45) is 0 Å². The molecule has 1 aliphatic heterocycles. The van der Waals surface area contributed by atoms with Gasteiger partial charge in [0, 0.05) is 36.5 Å². The lowest BCUT2D eigenvalue weighted by molar-refractivity contribution is -0.0247. The fourth-order valence-electron chi connectivity index (χ4n) is 4.59. The number of nitrogens with zero attached hydrogens (tertiary/aromatic N) is 3. The summed E-state index contributed by atoms with van der Waals surface area (Å²) in [7, 11) is 0. The second-order valence-corrected chi connectivity index (χ2v) is 8.02. The quantitative estimate of drug-likeness (QED) is 0.632. The lowest BCUT2D eigenvalue weighted by Crippen LogP contribution is -2.43. The molecule has 2 aliphatic rings. The molecule has 0 saturated carbocycles. The number of hydrogen-bond acceptors (Lipinski definition) is 5. The molecule has 0 N–H and O–H groups in total. The van der Waals surface area contributed by atoms with Crippen LogP contribution in [-0.4, -0.2) is 40.5 Å². The van der Waals surface area contributed by atoms with Crippen molar-refractivity contribution in [1.82, 2.24) is 14.9 Å². The minimum Gasteiger partial charge on any atom is -0.465 e. The monoisotopic (exact) mass is 421 g/mol. The van der Waals surface area contributed by atoms with Crippen molar-refractivity contribution in [3.8, 4) is 11.3 Å². The summed E-state index contributed by atoms with van der Waals surface area (Å²) in [6, 6.07) is 6.48. The maximum absolute atomic E-state index is 14.4. The normalized spacial score (nSPS) is 18.6. The zero-order valence-electron chi connectivity index (χ0n) is 17.4. The summed E-state index contributed by atoms with van der Waals surface area (Å²) in [6.45, 7) is 3.06. The Bertz CT molecular complexity index is 1130. The SMILES string of the molecule is Cc1oc2c(c1C(=O)N1CCOC(c3nccnc3-c3ccccc3F)C1)CCCC2. The first-order valence-electron chi connectivity index (χ1n) is 10.7. The molecule has 0 radical (unpaired) electrons. The second-order valence-electron chi connectivity index (χ2n) is 8.02. The van der Waals surface area contributed by atoms with Gasteiger partial charge in [-0.15, -0.1) is 0 Å². The Morgan fingerprint density at radius 1 is 1.16 bits per heavy atom. The molecule has 0 bridgehead atoms. The van der Waals surface area contributed by atoms with Crippen LogP contribution in [0.25, 0.3) is 11.3 Å². The van der Waals surface area contributed by atoms with Crippen molar-refractivity contribution in [2.45, 2.75) is 38.7 Å². The first-order chi connectivity index (χ1) is 15.1. The van der Waals surface area contributed by atoms with Gasteiger partial charge in [0.05, 0.1) is 30.1 Å². The van der Waals surface area contributed by atoms with Crippen molar-refractivity contribution in [1.29, 1.82) is 0 Å². The predicted molar refractivity (Wildman–Crippen MR) is 112 cm³/mol. The number of fused-ring (bicyclic) bond motifs is 1. The van der Waals surface area contributed by atoms with Crippen molar-refractivity contribution >= 4 is 5.91 Å². The molecule has 1 saturated heterocycles. The van der Waals surface area contributed by atoms with Gasteiger partial charge in [-0.05, 0) is 38.3 Å². The molecule has 0 spiro atoms. The molecule has 1 atom stereocenters. The number of carbonyl (C=O) groups is 1. The van der Waals surface area contributed by atoms with Crippen molar-refractivity contribution in [2.75, 3.05) is 19.7 Å². The number of aromatic nitrogens is 2. The van der Waals surface area contributed by atoms with Crippen LogP contribution in [0.5, 0.6) is 0 Å². The van der Waals surface area contributed by atoms with Gasteiger partial charge in [0.1, 0.15) is 23.4 Å². The summed E-state index contributed by atoms with van der Waals surface area (Å²) < 4.78 is 26.3. The summed E-state index contributed by atoms with van der Waals surface area (Å²) >= 11 is 0. The van der Waals surface area contributed by atoms with Crippen molar-refractivity contribution < 1.29 is 18.3 Å². The van der Waals surface area contributed by atoms with E-state index in [1.165, 1.54) is 12.3 Å². The van der Waals surface area contributed by atoms with Crippen LogP contribution in [0.2, 0.25) is 0 Å². The number of aryl methyl sites for hydroxylation is 2. The molecular weight excluding hydrogens is 397 g/mol. The third-order valence-corrected chi connectivity index (χ3v) is 6.08. The van der Waals surface area contributed by atoms with E-state index in [2.05, 4.69) is 9.97 Å². The number of carbonyl (C=O) groups excluding carboxylic acids is 1. The minimum atomic E-state index is -0.482. The number of morpholine rings is 1. The van der Waals surface area contributed by atoms with Crippen LogP contribution >= 0.6 is 0 Å². The van der Waals surface area contributed by atoms with Crippen LogP contribution in [0.1, 0.15) is 52.1 Å². The molecule has 1 aromatic carbocycles. The molecule has 3 aromatic rings. The Labute approximate surface area is 180 Å². The van der Waals surface area contributed by atoms with E-state index in [4.69, 9.17) is 9.15 Å². The highest BCUT2D eigenvalue weighted by molar-refractivity contribution is 5.97. The maximum atomic E-state index is 14.4. The molecule has 6 nitrogen and oxygen atoms in total. The highest BCUT2D eigenvalue weighted by atomic mass is 19.1. The lowest BCUT2D eigenvalue weighted by Gasteiger charge is -2.33. The number of amides is 1. The third-order valence-electron chi connectivity index (χ3n) is 6.08. The van der Waals surface area contributed by atoms with Gasteiger partial charge in [-0.25, -0.2) is 4.39 Å². The van der Waals surface area contributed by atoms with E-state index in [0.717, 1.165) is 37.0 Å². The van der Waals surface area contributed by atoms with E-state index < -0.39 is 6.10 Å². The zero-order valence-corrected chi connectivity index (χ0v) is 17.4. The Morgan fingerprint density at radius 3 is 2.84 bits per heavy atom. The average Bonchev–Trinajstić information content (AvgIpc) is 3.14. The van der Waals surface area contributed by atoms with Crippen LogP contribution < -0.4 is 0 Å². The summed E-state index contributed by atoms with van der Waals surface area (Å²) in [5.41, 5.74) is 3.11. The zero-order chi connectivity index (χ0) is 21.4. The van der Waals surface area contributed by atoms with E-state index in [1.54, 1.807) is 29.3 Å². The second kappa shape index (κ2) is 8.23. The Morgan fingerprint density at radius 2 is 1.97 bits per heavy atom.